The van der Waals surface area contributed by atoms with Gasteiger partial charge >= 0.3 is 5.69 Å². The highest BCUT2D eigenvalue weighted by Gasteiger charge is 2.46. The van der Waals surface area contributed by atoms with Crippen molar-refractivity contribution >= 4 is 5.91 Å². The third-order valence-electron chi connectivity index (χ3n) is 5.54. The molecule has 0 saturated carbocycles. The predicted molar refractivity (Wildman–Crippen MR) is 98.6 cm³/mol. The van der Waals surface area contributed by atoms with Crippen LogP contribution >= 0.6 is 0 Å². The highest BCUT2D eigenvalue weighted by Crippen LogP contribution is 2.43. The lowest BCUT2D eigenvalue weighted by atomic mass is 9.89. The Kier molecular flexibility index (Phi) is 4.57. The van der Waals surface area contributed by atoms with E-state index in [0.29, 0.717) is 18.4 Å². The second kappa shape index (κ2) is 7.03. The summed E-state index contributed by atoms with van der Waals surface area (Å²) < 4.78 is 6.47. The summed E-state index contributed by atoms with van der Waals surface area (Å²) in [5, 5.41) is 3.41. The van der Waals surface area contributed by atoms with E-state index < -0.39 is 11.2 Å². The van der Waals surface area contributed by atoms with Crippen LogP contribution in [0.5, 0.6) is 5.75 Å². The van der Waals surface area contributed by atoms with Gasteiger partial charge in [-0.1, -0.05) is 12.1 Å². The van der Waals surface area contributed by atoms with Gasteiger partial charge in [-0.2, -0.15) is 0 Å². The second-order valence-corrected chi connectivity index (χ2v) is 7.08. The Hall–Kier alpha value is -2.87. The number of rotatable bonds is 4. The molecule has 2 aliphatic rings. The first-order chi connectivity index (χ1) is 13.1. The molecule has 8 heteroatoms. The van der Waals surface area contributed by atoms with Crippen molar-refractivity contribution in [3.8, 4) is 5.75 Å². The Bertz CT molecular complexity index is 949. The number of methoxy groups -OCH3 is 1. The molecule has 1 aromatic heterocycles. The number of nitrogens with zero attached hydrogens (tertiary/aromatic N) is 2. The average Bonchev–Trinajstić information content (AvgIpc) is 3.25. The fraction of sp³-hybridized carbons (Fsp3) is 0.421. The number of ether oxygens (including phenoxy) is 1. The molecule has 2 saturated heterocycles. The number of nitrogens with one attached hydrogen (secondary N) is 2. The van der Waals surface area contributed by atoms with Crippen LogP contribution in [0.3, 0.4) is 0 Å². The number of likely N-dealkylation sites (tertiary alicyclic amines) is 1. The third-order valence-corrected chi connectivity index (χ3v) is 5.54. The number of H-pyrrole nitrogens is 1. The van der Waals surface area contributed by atoms with E-state index in [2.05, 4.69) is 10.3 Å². The molecule has 0 spiro atoms. The molecule has 3 heterocycles. The van der Waals surface area contributed by atoms with Crippen molar-refractivity contribution in [2.45, 2.75) is 12.6 Å². The number of amides is 1. The van der Waals surface area contributed by atoms with Crippen molar-refractivity contribution < 1.29 is 9.53 Å². The van der Waals surface area contributed by atoms with Gasteiger partial charge in [0, 0.05) is 37.8 Å². The van der Waals surface area contributed by atoms with E-state index >= 15 is 0 Å². The SMILES string of the molecule is COc1ccc([C@H]2[C@H]3CNC[C@H]3CN2C(=O)Cn2ccc(=O)[nH]c2=O)cc1. The fourth-order valence-corrected chi connectivity index (χ4v) is 4.21. The smallest absolute Gasteiger partial charge is 0.328 e. The van der Waals surface area contributed by atoms with Crippen LogP contribution in [0.1, 0.15) is 11.6 Å². The van der Waals surface area contributed by atoms with Gasteiger partial charge in [-0.15, -0.1) is 0 Å². The molecule has 2 N–H and O–H groups in total. The van der Waals surface area contributed by atoms with Gasteiger partial charge in [-0.25, -0.2) is 4.79 Å². The average molecular weight is 370 g/mol. The maximum atomic E-state index is 13.0. The van der Waals surface area contributed by atoms with Crippen LogP contribution in [0.25, 0.3) is 0 Å². The summed E-state index contributed by atoms with van der Waals surface area (Å²) in [6, 6.07) is 9.01. The molecule has 2 aliphatic heterocycles. The zero-order chi connectivity index (χ0) is 19.0. The molecule has 142 valence electrons. The molecule has 0 radical (unpaired) electrons. The van der Waals surface area contributed by atoms with Gasteiger partial charge in [0.1, 0.15) is 12.3 Å². The fourth-order valence-electron chi connectivity index (χ4n) is 4.21. The molecule has 3 atom stereocenters. The van der Waals surface area contributed by atoms with Crippen molar-refractivity contribution in [1.29, 1.82) is 0 Å². The maximum absolute atomic E-state index is 13.0. The summed E-state index contributed by atoms with van der Waals surface area (Å²) in [4.78, 5) is 40.2. The first kappa shape index (κ1) is 17.5. The van der Waals surface area contributed by atoms with Crippen LogP contribution in [0.15, 0.2) is 46.1 Å². The van der Waals surface area contributed by atoms with Gasteiger partial charge < -0.3 is 15.0 Å². The number of fused-ring (bicyclic) bond motifs is 1. The van der Waals surface area contributed by atoms with Crippen LogP contribution in [0, 0.1) is 11.8 Å². The molecular weight excluding hydrogens is 348 g/mol. The van der Waals surface area contributed by atoms with Crippen LogP contribution in [0.2, 0.25) is 0 Å². The van der Waals surface area contributed by atoms with E-state index in [1.165, 1.54) is 16.8 Å². The summed E-state index contributed by atoms with van der Waals surface area (Å²) in [5.74, 6) is 1.39. The first-order valence-corrected chi connectivity index (χ1v) is 9.00. The van der Waals surface area contributed by atoms with Crippen LogP contribution < -0.4 is 21.3 Å². The standard InChI is InChI=1S/C19H22N4O4/c1-27-14-4-2-12(3-5-14)18-15-9-20-8-13(15)10-23(18)17(25)11-22-7-6-16(24)21-19(22)26/h2-7,13,15,18,20H,8-11H2,1H3,(H,21,24,26)/t13-,15-,18-/m0/s1. The Labute approximate surface area is 155 Å². The summed E-state index contributed by atoms with van der Waals surface area (Å²) in [5.41, 5.74) is 0.0219. The Balaban J connectivity index is 1.61. The minimum Gasteiger partial charge on any atom is -0.497 e. The van der Waals surface area contributed by atoms with Gasteiger partial charge in [0.15, 0.2) is 0 Å². The summed E-state index contributed by atoms with van der Waals surface area (Å²) in [7, 11) is 1.62. The Morgan fingerprint density at radius 2 is 1.96 bits per heavy atom. The van der Waals surface area contributed by atoms with Gasteiger partial charge in [-0.3, -0.25) is 19.1 Å². The molecule has 0 aliphatic carbocycles. The number of carbonyl (C=O) groups excluding carboxylic acids is 1. The lowest BCUT2D eigenvalue weighted by Gasteiger charge is -2.28. The first-order valence-electron chi connectivity index (χ1n) is 9.00. The zero-order valence-electron chi connectivity index (χ0n) is 15.1. The summed E-state index contributed by atoms with van der Waals surface area (Å²) in [6.45, 7) is 2.32. The van der Waals surface area contributed by atoms with E-state index in [1.54, 1.807) is 7.11 Å². The van der Waals surface area contributed by atoms with E-state index in [-0.39, 0.29) is 18.5 Å². The molecule has 2 fully saturated rings. The highest BCUT2D eigenvalue weighted by atomic mass is 16.5. The number of aromatic nitrogens is 2. The zero-order valence-corrected chi connectivity index (χ0v) is 15.1. The van der Waals surface area contributed by atoms with Crippen molar-refractivity contribution in [3.05, 3.63) is 62.9 Å². The number of benzene rings is 1. The van der Waals surface area contributed by atoms with E-state index in [0.717, 1.165) is 24.4 Å². The monoisotopic (exact) mass is 370 g/mol. The predicted octanol–water partition coefficient (Wildman–Crippen LogP) is -0.0357. The number of aromatic amines is 1. The van der Waals surface area contributed by atoms with E-state index in [9.17, 15) is 14.4 Å². The van der Waals surface area contributed by atoms with Crippen molar-refractivity contribution in [2.24, 2.45) is 11.8 Å². The lowest BCUT2D eigenvalue weighted by molar-refractivity contribution is -0.133. The maximum Gasteiger partial charge on any atom is 0.328 e. The molecule has 0 bridgehead atoms. The summed E-state index contributed by atoms with van der Waals surface area (Å²) >= 11 is 0. The van der Waals surface area contributed by atoms with Crippen molar-refractivity contribution in [3.63, 3.8) is 0 Å². The van der Waals surface area contributed by atoms with Crippen LogP contribution in [-0.4, -0.2) is 47.1 Å². The van der Waals surface area contributed by atoms with Crippen molar-refractivity contribution in [1.82, 2.24) is 19.8 Å². The molecule has 4 rings (SSSR count). The Morgan fingerprint density at radius 3 is 2.67 bits per heavy atom. The lowest BCUT2D eigenvalue weighted by Crippen LogP contribution is -2.39. The number of hydrogen-bond acceptors (Lipinski definition) is 5. The molecule has 1 amide bonds. The summed E-state index contributed by atoms with van der Waals surface area (Å²) in [6.07, 6.45) is 1.36. The minimum atomic E-state index is -0.571. The third kappa shape index (κ3) is 3.28. The van der Waals surface area contributed by atoms with Gasteiger partial charge in [0.2, 0.25) is 5.91 Å². The quantitative estimate of drug-likeness (QED) is 0.788. The molecule has 2 aromatic rings. The van der Waals surface area contributed by atoms with E-state index in [1.807, 2.05) is 29.2 Å². The second-order valence-electron chi connectivity index (χ2n) is 7.08. The number of carbonyl (C=O) groups is 1. The molecule has 1 aromatic carbocycles. The molecule has 0 unspecified atom stereocenters. The van der Waals surface area contributed by atoms with Crippen molar-refractivity contribution in [2.75, 3.05) is 26.7 Å². The normalized spacial score (nSPS) is 24.0. The van der Waals surface area contributed by atoms with Crippen LogP contribution in [0.4, 0.5) is 0 Å². The van der Waals surface area contributed by atoms with Gasteiger partial charge in [-0.05, 0) is 23.6 Å². The highest BCUT2D eigenvalue weighted by molar-refractivity contribution is 5.77. The molecule has 27 heavy (non-hydrogen) atoms. The molecular formula is C19H22N4O4. The number of hydrogen-bond donors (Lipinski definition) is 2. The van der Waals surface area contributed by atoms with Crippen LogP contribution in [-0.2, 0) is 11.3 Å². The largest absolute Gasteiger partial charge is 0.497 e. The van der Waals surface area contributed by atoms with Gasteiger partial charge in [0.25, 0.3) is 5.56 Å². The van der Waals surface area contributed by atoms with Gasteiger partial charge in [0.05, 0.1) is 13.2 Å². The topological polar surface area (TPSA) is 96.4 Å². The Morgan fingerprint density at radius 1 is 1.19 bits per heavy atom. The molecule has 8 nitrogen and oxygen atoms in total. The van der Waals surface area contributed by atoms with E-state index in [4.69, 9.17) is 4.74 Å². The minimum absolute atomic E-state index is 0.0399.